The minimum Gasteiger partial charge on any atom is -0.355 e. The predicted molar refractivity (Wildman–Crippen MR) is 79.2 cm³/mol. The first kappa shape index (κ1) is 14.3. The number of hydrogen-bond acceptors (Lipinski definition) is 4. The lowest BCUT2D eigenvalue weighted by Gasteiger charge is -2.34. The molecule has 1 aliphatic heterocycles. The summed E-state index contributed by atoms with van der Waals surface area (Å²) in [5, 5.41) is 11.9. The molecule has 0 unspecified atom stereocenters. The fraction of sp³-hybridized carbons (Fsp3) is 0.733. The van der Waals surface area contributed by atoms with Gasteiger partial charge < -0.3 is 10.2 Å². The van der Waals surface area contributed by atoms with Crippen molar-refractivity contribution in [3.8, 4) is 0 Å². The van der Waals surface area contributed by atoms with Crippen LogP contribution in [0.4, 0.5) is 5.82 Å². The highest BCUT2D eigenvalue weighted by atomic mass is 15.3. The summed E-state index contributed by atoms with van der Waals surface area (Å²) in [5.74, 6) is 2.70. The Morgan fingerprint density at radius 3 is 2.53 bits per heavy atom. The maximum atomic E-state index is 4.36. The molecule has 0 atom stereocenters. The molecule has 0 aromatic carbocycles. The molecule has 0 radical (unpaired) electrons. The Kier molecular flexibility index (Phi) is 5.14. The Morgan fingerprint density at radius 2 is 2.00 bits per heavy atom. The van der Waals surface area contributed by atoms with Gasteiger partial charge in [0.05, 0.1) is 5.69 Å². The van der Waals surface area contributed by atoms with Crippen LogP contribution in [0.1, 0.15) is 39.3 Å². The van der Waals surface area contributed by atoms with Crippen LogP contribution >= 0.6 is 0 Å². The van der Waals surface area contributed by atoms with E-state index in [-0.39, 0.29) is 0 Å². The molecule has 1 N–H and O–H groups in total. The number of rotatable bonds is 5. The van der Waals surface area contributed by atoms with Gasteiger partial charge in [-0.05, 0) is 43.4 Å². The molecule has 1 saturated heterocycles. The van der Waals surface area contributed by atoms with Gasteiger partial charge in [0, 0.05) is 19.6 Å². The molecule has 4 nitrogen and oxygen atoms in total. The van der Waals surface area contributed by atoms with Crippen molar-refractivity contribution in [2.75, 3.05) is 24.5 Å². The van der Waals surface area contributed by atoms with E-state index in [1.54, 1.807) is 0 Å². The highest BCUT2D eigenvalue weighted by Gasteiger charge is 2.22. The number of nitrogens with zero attached hydrogens (tertiary/aromatic N) is 3. The molecule has 1 aromatic rings. The molecule has 0 bridgehead atoms. The normalized spacial score (nSPS) is 17.2. The van der Waals surface area contributed by atoms with Gasteiger partial charge >= 0.3 is 0 Å². The van der Waals surface area contributed by atoms with Gasteiger partial charge in [0.2, 0.25) is 0 Å². The van der Waals surface area contributed by atoms with Crippen LogP contribution in [-0.4, -0.2) is 29.8 Å². The van der Waals surface area contributed by atoms with Crippen molar-refractivity contribution in [2.24, 2.45) is 11.8 Å². The monoisotopic (exact) mass is 262 g/mol. The highest BCUT2D eigenvalue weighted by Crippen LogP contribution is 2.26. The van der Waals surface area contributed by atoms with Crippen molar-refractivity contribution >= 4 is 5.82 Å². The molecule has 2 rings (SSSR count). The van der Waals surface area contributed by atoms with E-state index < -0.39 is 0 Å². The van der Waals surface area contributed by atoms with E-state index in [1.807, 2.05) is 0 Å². The lowest BCUT2D eigenvalue weighted by molar-refractivity contribution is 0.310. The van der Waals surface area contributed by atoms with Crippen molar-refractivity contribution < 1.29 is 0 Å². The molecular weight excluding hydrogens is 236 g/mol. The van der Waals surface area contributed by atoms with E-state index in [1.165, 1.54) is 12.8 Å². The SMILES string of the molecule is CCNCc1ccc(N2CCC(C(C)C)CC2)nn1. The van der Waals surface area contributed by atoms with Crippen molar-refractivity contribution in [2.45, 2.75) is 40.2 Å². The Hall–Kier alpha value is -1.16. The van der Waals surface area contributed by atoms with Crippen LogP contribution in [-0.2, 0) is 6.54 Å². The van der Waals surface area contributed by atoms with Crippen molar-refractivity contribution in [1.29, 1.82) is 0 Å². The molecular formula is C15H26N4. The standard InChI is InChI=1S/C15H26N4/c1-4-16-11-14-5-6-15(18-17-14)19-9-7-13(8-10-19)12(2)3/h5-6,12-13,16H,4,7-11H2,1-3H3. The van der Waals surface area contributed by atoms with Gasteiger partial charge in [-0.15, -0.1) is 5.10 Å². The van der Waals surface area contributed by atoms with E-state index >= 15 is 0 Å². The molecule has 0 amide bonds. The van der Waals surface area contributed by atoms with Crippen molar-refractivity contribution in [1.82, 2.24) is 15.5 Å². The summed E-state index contributed by atoms with van der Waals surface area (Å²) in [5.41, 5.74) is 1.02. The van der Waals surface area contributed by atoms with E-state index in [2.05, 4.69) is 53.3 Å². The summed E-state index contributed by atoms with van der Waals surface area (Å²) in [6, 6.07) is 4.19. The quantitative estimate of drug-likeness (QED) is 0.885. The van der Waals surface area contributed by atoms with Gasteiger partial charge in [-0.1, -0.05) is 20.8 Å². The zero-order valence-corrected chi connectivity index (χ0v) is 12.4. The first-order valence-electron chi connectivity index (χ1n) is 7.49. The zero-order chi connectivity index (χ0) is 13.7. The summed E-state index contributed by atoms with van der Waals surface area (Å²) in [6.07, 6.45) is 2.55. The third-order valence-corrected chi connectivity index (χ3v) is 4.07. The third-order valence-electron chi connectivity index (χ3n) is 4.07. The van der Waals surface area contributed by atoms with E-state index in [0.717, 1.165) is 49.5 Å². The Labute approximate surface area is 116 Å². The minimum absolute atomic E-state index is 0.802. The maximum Gasteiger partial charge on any atom is 0.151 e. The fourth-order valence-corrected chi connectivity index (χ4v) is 2.66. The summed E-state index contributed by atoms with van der Waals surface area (Å²) in [7, 11) is 0. The Morgan fingerprint density at radius 1 is 1.26 bits per heavy atom. The van der Waals surface area contributed by atoms with Crippen molar-refractivity contribution in [3.05, 3.63) is 17.8 Å². The summed E-state index contributed by atoms with van der Waals surface area (Å²) >= 11 is 0. The number of aromatic nitrogens is 2. The number of nitrogens with one attached hydrogen (secondary N) is 1. The maximum absolute atomic E-state index is 4.36. The molecule has 0 spiro atoms. The van der Waals surface area contributed by atoms with Gasteiger partial charge in [0.1, 0.15) is 0 Å². The number of piperidine rings is 1. The Bertz CT molecular complexity index is 366. The molecule has 106 valence electrons. The van der Waals surface area contributed by atoms with Crippen LogP contribution in [0.2, 0.25) is 0 Å². The number of hydrogen-bond donors (Lipinski definition) is 1. The second kappa shape index (κ2) is 6.85. The van der Waals surface area contributed by atoms with Gasteiger partial charge in [-0.25, -0.2) is 0 Å². The van der Waals surface area contributed by atoms with Crippen LogP contribution in [0.5, 0.6) is 0 Å². The Balaban J connectivity index is 1.89. The fourth-order valence-electron chi connectivity index (χ4n) is 2.66. The molecule has 1 aliphatic rings. The average molecular weight is 262 g/mol. The second-order valence-corrected chi connectivity index (χ2v) is 5.73. The molecule has 1 fully saturated rings. The van der Waals surface area contributed by atoms with Crippen LogP contribution < -0.4 is 10.2 Å². The lowest BCUT2D eigenvalue weighted by Crippen LogP contribution is -2.35. The first-order valence-corrected chi connectivity index (χ1v) is 7.49. The average Bonchev–Trinajstić information content (AvgIpc) is 2.46. The van der Waals surface area contributed by atoms with Gasteiger partial charge in [0.25, 0.3) is 0 Å². The molecule has 0 aliphatic carbocycles. The lowest BCUT2D eigenvalue weighted by atomic mass is 9.87. The van der Waals surface area contributed by atoms with Gasteiger partial charge in [-0.2, -0.15) is 5.10 Å². The van der Waals surface area contributed by atoms with Crippen LogP contribution in [0.25, 0.3) is 0 Å². The highest BCUT2D eigenvalue weighted by molar-refractivity contribution is 5.37. The molecule has 0 saturated carbocycles. The minimum atomic E-state index is 0.802. The van der Waals surface area contributed by atoms with Gasteiger partial charge in [0.15, 0.2) is 5.82 Å². The van der Waals surface area contributed by atoms with Crippen LogP contribution in [0.15, 0.2) is 12.1 Å². The number of anilines is 1. The largest absolute Gasteiger partial charge is 0.355 e. The summed E-state index contributed by atoms with van der Waals surface area (Å²) in [4.78, 5) is 2.36. The van der Waals surface area contributed by atoms with E-state index in [9.17, 15) is 0 Å². The van der Waals surface area contributed by atoms with Crippen LogP contribution in [0.3, 0.4) is 0 Å². The van der Waals surface area contributed by atoms with Gasteiger partial charge in [-0.3, -0.25) is 0 Å². The molecule has 4 heteroatoms. The predicted octanol–water partition coefficient (Wildman–Crippen LogP) is 2.46. The molecule has 19 heavy (non-hydrogen) atoms. The summed E-state index contributed by atoms with van der Waals surface area (Å²) in [6.45, 7) is 10.8. The zero-order valence-electron chi connectivity index (χ0n) is 12.4. The first-order chi connectivity index (χ1) is 9.20. The second-order valence-electron chi connectivity index (χ2n) is 5.73. The smallest absolute Gasteiger partial charge is 0.151 e. The molecule has 2 heterocycles. The summed E-state index contributed by atoms with van der Waals surface area (Å²) < 4.78 is 0. The van der Waals surface area contributed by atoms with E-state index in [0.29, 0.717) is 0 Å². The van der Waals surface area contributed by atoms with Crippen molar-refractivity contribution in [3.63, 3.8) is 0 Å². The topological polar surface area (TPSA) is 41.0 Å². The van der Waals surface area contributed by atoms with E-state index in [4.69, 9.17) is 0 Å². The molecule has 1 aromatic heterocycles. The van der Waals surface area contributed by atoms with Crippen LogP contribution in [0, 0.1) is 11.8 Å². The third kappa shape index (κ3) is 3.90.